The van der Waals surface area contributed by atoms with Crippen molar-refractivity contribution in [3.63, 3.8) is 0 Å². The Kier molecular flexibility index (Phi) is 6.71. The van der Waals surface area contributed by atoms with Gasteiger partial charge in [0.1, 0.15) is 0 Å². The number of hydrogen-bond donors (Lipinski definition) is 2. The van der Waals surface area contributed by atoms with Crippen molar-refractivity contribution in [3.8, 4) is 0 Å². The summed E-state index contributed by atoms with van der Waals surface area (Å²) in [5.74, 6) is 0.663. The number of para-hydroxylation sites is 1. The van der Waals surface area contributed by atoms with Crippen molar-refractivity contribution in [2.75, 3.05) is 5.32 Å². The summed E-state index contributed by atoms with van der Waals surface area (Å²) in [6.45, 7) is 8.59. The molecule has 0 radical (unpaired) electrons. The zero-order valence-corrected chi connectivity index (χ0v) is 16.1. The molecule has 0 heterocycles. The first-order valence-corrected chi connectivity index (χ1v) is 9.14. The number of nitrogens with one attached hydrogen (secondary N) is 2. The van der Waals surface area contributed by atoms with Gasteiger partial charge in [-0.05, 0) is 59.8 Å². The third kappa shape index (κ3) is 5.13. The van der Waals surface area contributed by atoms with Crippen LogP contribution in [-0.4, -0.2) is 11.0 Å². The lowest BCUT2D eigenvalue weighted by atomic mass is 9.97. The summed E-state index contributed by atoms with van der Waals surface area (Å²) in [6.07, 6.45) is 1.04. The Hall–Kier alpha value is -2.20. The molecule has 0 fully saturated rings. The molecule has 0 saturated carbocycles. The quantitative estimate of drug-likeness (QED) is 0.702. The van der Waals surface area contributed by atoms with Gasteiger partial charge in [0.25, 0.3) is 5.91 Å². The normalized spacial score (nSPS) is 11.9. The minimum Gasteiger partial charge on any atom is -0.332 e. The fraction of sp³-hybridized carbons (Fsp3) is 0.333. The van der Waals surface area contributed by atoms with Crippen LogP contribution in [0.4, 0.5) is 5.69 Å². The second-order valence-electron chi connectivity index (χ2n) is 6.58. The Morgan fingerprint density at radius 1 is 1.04 bits per heavy atom. The summed E-state index contributed by atoms with van der Waals surface area (Å²) in [4.78, 5) is 12.4. The molecular weight excluding hydrogens is 328 g/mol. The second kappa shape index (κ2) is 8.77. The van der Waals surface area contributed by atoms with E-state index in [1.54, 1.807) is 0 Å². The monoisotopic (exact) mass is 354 g/mol. The van der Waals surface area contributed by atoms with E-state index in [-0.39, 0.29) is 5.91 Å². The molecule has 4 heteroatoms. The average Bonchev–Trinajstić information content (AvgIpc) is 2.61. The maximum absolute atomic E-state index is 12.4. The Balaban J connectivity index is 2.04. The van der Waals surface area contributed by atoms with Crippen molar-refractivity contribution < 1.29 is 4.79 Å². The number of rotatable bonds is 5. The molecule has 0 unspecified atom stereocenters. The minimum absolute atomic E-state index is 0.200. The summed E-state index contributed by atoms with van der Waals surface area (Å²) in [6, 6.07) is 15.7. The average molecular weight is 355 g/mol. The van der Waals surface area contributed by atoms with E-state index in [4.69, 9.17) is 12.2 Å². The predicted molar refractivity (Wildman–Crippen MR) is 109 cm³/mol. The second-order valence-corrected chi connectivity index (χ2v) is 6.99. The standard InChI is InChI=1S/C21H26N2OS/c1-5-15(4)18-8-6-7-9-19(18)22-21(25)23-20(24)17-12-10-16(11-13-17)14(2)3/h6-15H,5H2,1-4H3,(H2,22,23,24,25)/t15-/m0/s1. The topological polar surface area (TPSA) is 41.1 Å². The maximum atomic E-state index is 12.4. The van der Waals surface area contributed by atoms with E-state index in [0.717, 1.165) is 12.1 Å². The van der Waals surface area contributed by atoms with E-state index in [1.807, 2.05) is 42.5 Å². The summed E-state index contributed by atoms with van der Waals surface area (Å²) in [7, 11) is 0. The van der Waals surface area contributed by atoms with Crippen LogP contribution in [0.25, 0.3) is 0 Å². The largest absolute Gasteiger partial charge is 0.332 e. The summed E-state index contributed by atoms with van der Waals surface area (Å²) < 4.78 is 0. The van der Waals surface area contributed by atoms with Crippen LogP contribution in [0.15, 0.2) is 48.5 Å². The van der Waals surface area contributed by atoms with Gasteiger partial charge in [-0.25, -0.2) is 0 Å². The van der Waals surface area contributed by atoms with Gasteiger partial charge in [0, 0.05) is 11.3 Å². The highest BCUT2D eigenvalue weighted by Crippen LogP contribution is 2.26. The number of thiocarbonyl (C=S) groups is 1. The van der Waals surface area contributed by atoms with Gasteiger partial charge in [-0.1, -0.05) is 58.0 Å². The van der Waals surface area contributed by atoms with Crippen molar-refractivity contribution in [2.24, 2.45) is 0 Å². The lowest BCUT2D eigenvalue weighted by molar-refractivity contribution is 0.0977. The smallest absolute Gasteiger partial charge is 0.257 e. The molecule has 132 valence electrons. The van der Waals surface area contributed by atoms with E-state index in [1.165, 1.54) is 11.1 Å². The molecule has 2 N–H and O–H groups in total. The summed E-state index contributed by atoms with van der Waals surface area (Å²) in [5.41, 5.74) is 3.95. The molecule has 0 bridgehead atoms. The first-order chi connectivity index (χ1) is 11.9. The number of amides is 1. The van der Waals surface area contributed by atoms with E-state index in [2.05, 4.69) is 44.4 Å². The van der Waals surface area contributed by atoms with Gasteiger partial charge in [-0.2, -0.15) is 0 Å². The molecule has 0 saturated heterocycles. The number of anilines is 1. The first-order valence-electron chi connectivity index (χ1n) is 8.73. The molecule has 0 aliphatic heterocycles. The molecular formula is C21H26N2OS. The molecule has 2 aromatic carbocycles. The molecule has 0 spiro atoms. The lowest BCUT2D eigenvalue weighted by Gasteiger charge is -2.17. The highest BCUT2D eigenvalue weighted by Gasteiger charge is 2.12. The molecule has 3 nitrogen and oxygen atoms in total. The fourth-order valence-corrected chi connectivity index (χ4v) is 2.81. The third-order valence-electron chi connectivity index (χ3n) is 4.42. The van der Waals surface area contributed by atoms with E-state index >= 15 is 0 Å². The molecule has 0 aliphatic carbocycles. The van der Waals surface area contributed by atoms with Crippen molar-refractivity contribution in [2.45, 2.75) is 46.0 Å². The van der Waals surface area contributed by atoms with Crippen molar-refractivity contribution in [1.82, 2.24) is 5.32 Å². The minimum atomic E-state index is -0.200. The van der Waals surface area contributed by atoms with Gasteiger partial charge in [0.2, 0.25) is 0 Å². The maximum Gasteiger partial charge on any atom is 0.257 e. The number of carbonyl (C=O) groups is 1. The first kappa shape index (κ1) is 19.1. The van der Waals surface area contributed by atoms with Crippen LogP contribution in [0.5, 0.6) is 0 Å². The highest BCUT2D eigenvalue weighted by molar-refractivity contribution is 7.80. The summed E-state index contributed by atoms with van der Waals surface area (Å²) >= 11 is 5.32. The molecule has 2 aromatic rings. The van der Waals surface area contributed by atoms with Gasteiger partial charge >= 0.3 is 0 Å². The lowest BCUT2D eigenvalue weighted by Crippen LogP contribution is -2.34. The molecule has 0 aromatic heterocycles. The van der Waals surface area contributed by atoms with Crippen molar-refractivity contribution in [1.29, 1.82) is 0 Å². The van der Waals surface area contributed by atoms with Crippen LogP contribution in [0.2, 0.25) is 0 Å². The van der Waals surface area contributed by atoms with E-state index in [0.29, 0.717) is 22.5 Å². The number of benzene rings is 2. The Morgan fingerprint density at radius 3 is 2.28 bits per heavy atom. The highest BCUT2D eigenvalue weighted by atomic mass is 32.1. The SMILES string of the molecule is CC[C@H](C)c1ccccc1NC(=S)NC(=O)c1ccc(C(C)C)cc1. The molecule has 1 amide bonds. The summed E-state index contributed by atoms with van der Waals surface area (Å²) in [5, 5.41) is 6.23. The van der Waals surface area contributed by atoms with Crippen LogP contribution < -0.4 is 10.6 Å². The van der Waals surface area contributed by atoms with Crippen LogP contribution in [0.1, 0.15) is 67.4 Å². The number of hydrogen-bond acceptors (Lipinski definition) is 2. The fourth-order valence-electron chi connectivity index (χ4n) is 2.61. The number of carbonyl (C=O) groups excluding carboxylic acids is 1. The molecule has 0 aliphatic rings. The van der Waals surface area contributed by atoms with Crippen LogP contribution in [-0.2, 0) is 0 Å². The Labute approximate surface area is 155 Å². The Bertz CT molecular complexity index is 738. The van der Waals surface area contributed by atoms with Crippen LogP contribution in [0.3, 0.4) is 0 Å². The van der Waals surface area contributed by atoms with Gasteiger partial charge < -0.3 is 5.32 Å². The zero-order chi connectivity index (χ0) is 18.4. The van der Waals surface area contributed by atoms with Gasteiger partial charge in [-0.3, -0.25) is 10.1 Å². The van der Waals surface area contributed by atoms with E-state index in [9.17, 15) is 4.79 Å². The van der Waals surface area contributed by atoms with Crippen molar-refractivity contribution >= 4 is 28.9 Å². The molecule has 2 rings (SSSR count). The predicted octanol–water partition coefficient (Wildman–Crippen LogP) is 5.45. The van der Waals surface area contributed by atoms with Crippen LogP contribution in [0, 0.1) is 0 Å². The zero-order valence-electron chi connectivity index (χ0n) is 15.3. The third-order valence-corrected chi connectivity index (χ3v) is 4.62. The van der Waals surface area contributed by atoms with Gasteiger partial charge in [0.15, 0.2) is 5.11 Å². The molecule has 1 atom stereocenters. The van der Waals surface area contributed by atoms with Crippen molar-refractivity contribution in [3.05, 3.63) is 65.2 Å². The molecule has 25 heavy (non-hydrogen) atoms. The van der Waals surface area contributed by atoms with E-state index < -0.39 is 0 Å². The van der Waals surface area contributed by atoms with Crippen LogP contribution >= 0.6 is 12.2 Å². The Morgan fingerprint density at radius 2 is 1.68 bits per heavy atom. The van der Waals surface area contributed by atoms with Gasteiger partial charge in [-0.15, -0.1) is 0 Å². The van der Waals surface area contributed by atoms with Gasteiger partial charge in [0.05, 0.1) is 0 Å².